The standard InChI is InChI=1S/C20H22N6O2/c1-13-7-14(2)26(24-13)19-9-18(21-12-22-19)25-10-15(11-25)20(27)23-16-5-4-6-17(8-16)28-3/h4-9,12,15H,10-11H2,1-3H3,(H,23,27). The van der Waals surface area contributed by atoms with E-state index < -0.39 is 0 Å². The second kappa shape index (κ2) is 7.30. The summed E-state index contributed by atoms with van der Waals surface area (Å²) < 4.78 is 6.99. The maximum atomic E-state index is 12.5. The number of benzene rings is 1. The van der Waals surface area contributed by atoms with Gasteiger partial charge in [-0.25, -0.2) is 14.6 Å². The van der Waals surface area contributed by atoms with Crippen molar-refractivity contribution in [1.82, 2.24) is 19.7 Å². The number of nitrogens with one attached hydrogen (secondary N) is 1. The molecule has 1 aromatic carbocycles. The lowest BCUT2D eigenvalue weighted by molar-refractivity contribution is -0.120. The van der Waals surface area contributed by atoms with Crippen LogP contribution in [-0.4, -0.2) is 45.9 Å². The first-order valence-corrected chi connectivity index (χ1v) is 9.09. The Labute approximate surface area is 163 Å². The van der Waals surface area contributed by atoms with Crippen LogP contribution in [0.5, 0.6) is 5.75 Å². The molecule has 1 aliphatic rings. The average molecular weight is 378 g/mol. The number of ether oxygens (including phenoxy) is 1. The second-order valence-electron chi connectivity index (χ2n) is 6.90. The highest BCUT2D eigenvalue weighted by molar-refractivity contribution is 5.94. The molecule has 0 bridgehead atoms. The van der Waals surface area contributed by atoms with E-state index in [4.69, 9.17) is 4.74 Å². The zero-order chi connectivity index (χ0) is 19.7. The fourth-order valence-electron chi connectivity index (χ4n) is 3.26. The van der Waals surface area contributed by atoms with Crippen LogP contribution in [0.4, 0.5) is 11.5 Å². The van der Waals surface area contributed by atoms with E-state index in [9.17, 15) is 4.79 Å². The predicted molar refractivity (Wildman–Crippen MR) is 106 cm³/mol. The van der Waals surface area contributed by atoms with E-state index in [2.05, 4.69) is 25.3 Å². The van der Waals surface area contributed by atoms with Gasteiger partial charge in [-0.05, 0) is 32.0 Å². The Balaban J connectivity index is 1.40. The molecule has 1 amide bonds. The first-order chi connectivity index (χ1) is 13.5. The molecule has 144 valence electrons. The first kappa shape index (κ1) is 18.0. The fraction of sp³-hybridized carbons (Fsp3) is 0.300. The molecule has 0 aliphatic carbocycles. The van der Waals surface area contributed by atoms with Gasteiger partial charge in [-0.1, -0.05) is 6.07 Å². The Hall–Kier alpha value is -3.42. The summed E-state index contributed by atoms with van der Waals surface area (Å²) in [5.41, 5.74) is 2.69. The number of amides is 1. The lowest BCUT2D eigenvalue weighted by Crippen LogP contribution is -2.52. The van der Waals surface area contributed by atoms with Gasteiger partial charge in [-0.3, -0.25) is 4.79 Å². The van der Waals surface area contributed by atoms with Crippen molar-refractivity contribution in [2.75, 3.05) is 30.4 Å². The number of aromatic nitrogens is 4. The van der Waals surface area contributed by atoms with Crippen molar-refractivity contribution >= 4 is 17.4 Å². The quantitative estimate of drug-likeness (QED) is 0.734. The van der Waals surface area contributed by atoms with Gasteiger partial charge in [-0.15, -0.1) is 0 Å². The molecular formula is C20H22N6O2. The summed E-state index contributed by atoms with van der Waals surface area (Å²) in [6.45, 7) is 5.17. The van der Waals surface area contributed by atoms with Crippen LogP contribution in [0.1, 0.15) is 11.4 Å². The van der Waals surface area contributed by atoms with Crippen molar-refractivity contribution in [3.63, 3.8) is 0 Å². The summed E-state index contributed by atoms with van der Waals surface area (Å²) in [6, 6.07) is 11.3. The molecule has 3 aromatic rings. The molecule has 0 unspecified atom stereocenters. The van der Waals surface area contributed by atoms with E-state index in [0.717, 1.165) is 28.7 Å². The molecule has 28 heavy (non-hydrogen) atoms. The van der Waals surface area contributed by atoms with Crippen LogP contribution >= 0.6 is 0 Å². The maximum absolute atomic E-state index is 12.5. The molecule has 1 fully saturated rings. The molecule has 1 aliphatic heterocycles. The molecule has 3 heterocycles. The number of hydrogen-bond acceptors (Lipinski definition) is 6. The molecule has 2 aromatic heterocycles. The fourth-order valence-corrected chi connectivity index (χ4v) is 3.26. The molecule has 0 spiro atoms. The van der Waals surface area contributed by atoms with Crippen LogP contribution in [0.25, 0.3) is 5.82 Å². The van der Waals surface area contributed by atoms with Gasteiger partial charge in [0.1, 0.15) is 17.9 Å². The summed E-state index contributed by atoms with van der Waals surface area (Å²) in [4.78, 5) is 23.2. The second-order valence-corrected chi connectivity index (χ2v) is 6.90. The van der Waals surface area contributed by atoms with Gasteiger partial charge in [0, 0.05) is 36.6 Å². The Morgan fingerprint density at radius 1 is 1.14 bits per heavy atom. The Bertz CT molecular complexity index is 1010. The van der Waals surface area contributed by atoms with Gasteiger partial charge in [-0.2, -0.15) is 5.10 Å². The third-order valence-corrected chi connectivity index (χ3v) is 4.78. The van der Waals surface area contributed by atoms with Crippen LogP contribution < -0.4 is 15.0 Å². The zero-order valence-electron chi connectivity index (χ0n) is 16.1. The van der Waals surface area contributed by atoms with Crippen molar-refractivity contribution in [3.05, 3.63) is 54.1 Å². The minimum absolute atomic E-state index is 0.00247. The zero-order valence-corrected chi connectivity index (χ0v) is 16.1. The molecule has 1 saturated heterocycles. The summed E-state index contributed by atoms with van der Waals surface area (Å²) in [6.07, 6.45) is 1.53. The Kier molecular flexibility index (Phi) is 4.68. The molecule has 1 N–H and O–H groups in total. The van der Waals surface area contributed by atoms with Crippen molar-refractivity contribution in [1.29, 1.82) is 0 Å². The predicted octanol–water partition coefficient (Wildman–Crippen LogP) is 2.36. The Morgan fingerprint density at radius 2 is 1.93 bits per heavy atom. The van der Waals surface area contributed by atoms with Crippen molar-refractivity contribution in [2.45, 2.75) is 13.8 Å². The van der Waals surface area contributed by atoms with E-state index in [1.807, 2.05) is 44.2 Å². The van der Waals surface area contributed by atoms with Gasteiger partial charge in [0.2, 0.25) is 5.91 Å². The minimum atomic E-state index is -0.0849. The summed E-state index contributed by atoms with van der Waals surface area (Å²) in [7, 11) is 1.60. The Morgan fingerprint density at radius 3 is 2.64 bits per heavy atom. The molecule has 0 atom stereocenters. The number of carbonyl (C=O) groups excluding carboxylic acids is 1. The number of carbonyl (C=O) groups is 1. The third-order valence-electron chi connectivity index (χ3n) is 4.78. The highest BCUT2D eigenvalue weighted by atomic mass is 16.5. The van der Waals surface area contributed by atoms with Gasteiger partial charge < -0.3 is 15.0 Å². The minimum Gasteiger partial charge on any atom is -0.497 e. The highest BCUT2D eigenvalue weighted by Crippen LogP contribution is 2.25. The van der Waals surface area contributed by atoms with Gasteiger partial charge in [0.25, 0.3) is 0 Å². The highest BCUT2D eigenvalue weighted by Gasteiger charge is 2.33. The smallest absolute Gasteiger partial charge is 0.231 e. The summed E-state index contributed by atoms with van der Waals surface area (Å²) >= 11 is 0. The van der Waals surface area contributed by atoms with Crippen LogP contribution in [0, 0.1) is 19.8 Å². The third kappa shape index (κ3) is 3.53. The number of aryl methyl sites for hydroxylation is 2. The van der Waals surface area contributed by atoms with Gasteiger partial charge in [0.05, 0.1) is 18.7 Å². The van der Waals surface area contributed by atoms with Crippen molar-refractivity contribution in [2.24, 2.45) is 5.92 Å². The van der Waals surface area contributed by atoms with Gasteiger partial charge >= 0.3 is 0 Å². The molecule has 8 heteroatoms. The number of hydrogen-bond donors (Lipinski definition) is 1. The molecule has 4 rings (SSSR count). The SMILES string of the molecule is COc1cccc(NC(=O)C2CN(c3cc(-n4nc(C)cc4C)ncn3)C2)c1. The van der Waals surface area contributed by atoms with E-state index in [1.54, 1.807) is 17.9 Å². The molecular weight excluding hydrogens is 356 g/mol. The van der Waals surface area contributed by atoms with E-state index in [0.29, 0.717) is 18.8 Å². The average Bonchev–Trinajstić information content (AvgIpc) is 2.99. The lowest BCUT2D eigenvalue weighted by atomic mass is 9.99. The van der Waals surface area contributed by atoms with Crippen LogP contribution in [0.2, 0.25) is 0 Å². The van der Waals surface area contributed by atoms with Crippen LogP contribution in [-0.2, 0) is 4.79 Å². The van der Waals surface area contributed by atoms with E-state index in [1.165, 1.54) is 6.33 Å². The van der Waals surface area contributed by atoms with Gasteiger partial charge in [0.15, 0.2) is 5.82 Å². The lowest BCUT2D eigenvalue weighted by Gasteiger charge is -2.39. The van der Waals surface area contributed by atoms with Crippen LogP contribution in [0.15, 0.2) is 42.7 Å². The topological polar surface area (TPSA) is 85.2 Å². The van der Waals surface area contributed by atoms with Crippen LogP contribution in [0.3, 0.4) is 0 Å². The van der Waals surface area contributed by atoms with E-state index >= 15 is 0 Å². The summed E-state index contributed by atoms with van der Waals surface area (Å²) in [5.74, 6) is 2.14. The van der Waals surface area contributed by atoms with Crippen molar-refractivity contribution in [3.8, 4) is 11.6 Å². The van der Waals surface area contributed by atoms with Crippen molar-refractivity contribution < 1.29 is 9.53 Å². The maximum Gasteiger partial charge on any atom is 0.231 e. The number of anilines is 2. The monoisotopic (exact) mass is 378 g/mol. The number of nitrogens with zero attached hydrogens (tertiary/aromatic N) is 5. The molecule has 8 nitrogen and oxygen atoms in total. The normalized spacial score (nSPS) is 13.9. The number of rotatable bonds is 5. The molecule has 0 saturated carbocycles. The van der Waals surface area contributed by atoms with E-state index in [-0.39, 0.29) is 11.8 Å². The summed E-state index contributed by atoms with van der Waals surface area (Å²) in [5, 5.41) is 7.41. The largest absolute Gasteiger partial charge is 0.497 e. The first-order valence-electron chi connectivity index (χ1n) is 9.09. The molecule has 0 radical (unpaired) electrons. The number of methoxy groups -OCH3 is 1.